The fourth-order valence-electron chi connectivity index (χ4n) is 3.31. The van der Waals surface area contributed by atoms with Crippen LogP contribution in [0.15, 0.2) is 18.2 Å². The molecule has 0 radical (unpaired) electrons. The third-order valence-electron chi connectivity index (χ3n) is 4.44. The third kappa shape index (κ3) is 3.47. The van der Waals surface area contributed by atoms with Gasteiger partial charge in [0, 0.05) is 41.3 Å². The Morgan fingerprint density at radius 1 is 1.09 bits per heavy atom. The summed E-state index contributed by atoms with van der Waals surface area (Å²) in [6.07, 6.45) is 2.32. The van der Waals surface area contributed by atoms with Crippen LogP contribution in [0.1, 0.15) is 29.6 Å². The van der Waals surface area contributed by atoms with Crippen molar-refractivity contribution in [1.29, 1.82) is 0 Å². The second kappa shape index (κ2) is 6.67. The number of carbonyl (C=O) groups is 2. The average Bonchev–Trinajstić information content (AvgIpc) is 3.13. The third-order valence-corrected chi connectivity index (χ3v) is 4.88. The first-order valence-electron chi connectivity index (χ1n) is 7.77. The van der Waals surface area contributed by atoms with Crippen LogP contribution in [0.3, 0.4) is 0 Å². The van der Waals surface area contributed by atoms with Crippen molar-refractivity contribution in [3.05, 3.63) is 33.8 Å². The second-order valence-corrected chi connectivity index (χ2v) is 7.02. The summed E-state index contributed by atoms with van der Waals surface area (Å²) in [4.78, 5) is 28.9. The predicted molar refractivity (Wildman–Crippen MR) is 89.7 cm³/mol. The van der Waals surface area contributed by atoms with Crippen LogP contribution in [0.25, 0.3) is 0 Å². The zero-order valence-electron chi connectivity index (χ0n) is 12.7. The molecule has 124 valence electrons. The Morgan fingerprint density at radius 2 is 1.78 bits per heavy atom. The molecule has 1 aromatic rings. The van der Waals surface area contributed by atoms with Gasteiger partial charge in [-0.05, 0) is 37.5 Å². The van der Waals surface area contributed by atoms with Crippen LogP contribution in [0.4, 0.5) is 0 Å². The van der Waals surface area contributed by atoms with Gasteiger partial charge in [0.2, 0.25) is 5.91 Å². The van der Waals surface area contributed by atoms with Gasteiger partial charge in [0.1, 0.15) is 6.04 Å². The maximum absolute atomic E-state index is 12.8. The molecule has 0 spiro atoms. The number of amides is 2. The van der Waals surface area contributed by atoms with E-state index in [9.17, 15) is 9.59 Å². The van der Waals surface area contributed by atoms with E-state index in [0.717, 1.165) is 12.8 Å². The molecule has 5 nitrogen and oxygen atoms in total. The van der Waals surface area contributed by atoms with Gasteiger partial charge < -0.3 is 15.5 Å². The molecule has 0 saturated carbocycles. The Kier molecular flexibility index (Phi) is 4.80. The van der Waals surface area contributed by atoms with Crippen LogP contribution in [0.5, 0.6) is 0 Å². The first-order chi connectivity index (χ1) is 11.0. The first kappa shape index (κ1) is 16.6. The first-order valence-corrected chi connectivity index (χ1v) is 8.53. The topological polar surface area (TPSA) is 66.6 Å². The van der Waals surface area contributed by atoms with Crippen LogP contribution >= 0.6 is 23.2 Å². The van der Waals surface area contributed by atoms with Crippen molar-refractivity contribution in [2.45, 2.75) is 31.3 Å². The minimum atomic E-state index is -0.412. The fraction of sp³-hybridized carbons (Fsp3) is 0.500. The van der Waals surface area contributed by atoms with E-state index < -0.39 is 6.04 Å². The van der Waals surface area contributed by atoms with Crippen LogP contribution in [-0.4, -0.2) is 53.3 Å². The molecule has 2 aliphatic rings. The molecule has 2 amide bonds. The number of hydrogen-bond donors (Lipinski definition) is 1. The minimum absolute atomic E-state index is 0.00285. The predicted octanol–water partition coefficient (Wildman–Crippen LogP) is 2.16. The maximum atomic E-state index is 12.8. The molecule has 23 heavy (non-hydrogen) atoms. The SMILES string of the molecule is N[C@@H]1CCN(C(=O)C2CCCN2C(=O)c2cc(Cl)cc(Cl)c2)C1. The highest BCUT2D eigenvalue weighted by Crippen LogP contribution is 2.26. The molecule has 1 unspecified atom stereocenters. The molecular weight excluding hydrogens is 337 g/mol. The maximum Gasteiger partial charge on any atom is 0.254 e. The molecular formula is C16H19Cl2N3O2. The van der Waals surface area contributed by atoms with Gasteiger partial charge in [0.05, 0.1) is 0 Å². The molecule has 2 atom stereocenters. The monoisotopic (exact) mass is 355 g/mol. The van der Waals surface area contributed by atoms with Gasteiger partial charge in [-0.25, -0.2) is 0 Å². The van der Waals surface area contributed by atoms with Gasteiger partial charge in [-0.2, -0.15) is 0 Å². The van der Waals surface area contributed by atoms with Gasteiger partial charge in [-0.1, -0.05) is 23.2 Å². The highest BCUT2D eigenvalue weighted by atomic mass is 35.5. The second-order valence-electron chi connectivity index (χ2n) is 6.15. The highest BCUT2D eigenvalue weighted by Gasteiger charge is 2.38. The molecule has 0 aromatic heterocycles. The van der Waals surface area contributed by atoms with Crippen molar-refractivity contribution >= 4 is 35.0 Å². The van der Waals surface area contributed by atoms with Crippen molar-refractivity contribution < 1.29 is 9.59 Å². The lowest BCUT2D eigenvalue weighted by molar-refractivity contribution is -0.134. The lowest BCUT2D eigenvalue weighted by atomic mass is 10.1. The molecule has 3 rings (SSSR count). The average molecular weight is 356 g/mol. The Hall–Kier alpha value is -1.30. The molecule has 1 aromatic carbocycles. The lowest BCUT2D eigenvalue weighted by Crippen LogP contribution is -2.47. The Morgan fingerprint density at radius 3 is 2.39 bits per heavy atom. The highest BCUT2D eigenvalue weighted by molar-refractivity contribution is 6.35. The van der Waals surface area contributed by atoms with E-state index in [1.165, 1.54) is 0 Å². The van der Waals surface area contributed by atoms with Crippen molar-refractivity contribution in [3.8, 4) is 0 Å². The number of nitrogens with two attached hydrogens (primary N) is 1. The summed E-state index contributed by atoms with van der Waals surface area (Å²) in [5.74, 6) is -0.203. The van der Waals surface area contributed by atoms with Crippen LogP contribution in [0.2, 0.25) is 10.0 Å². The van der Waals surface area contributed by atoms with E-state index in [1.54, 1.807) is 28.0 Å². The molecule has 0 bridgehead atoms. The number of rotatable bonds is 2. The van der Waals surface area contributed by atoms with E-state index >= 15 is 0 Å². The van der Waals surface area contributed by atoms with Crippen molar-refractivity contribution in [2.24, 2.45) is 5.73 Å². The number of benzene rings is 1. The van der Waals surface area contributed by atoms with E-state index in [-0.39, 0.29) is 17.9 Å². The molecule has 2 saturated heterocycles. The van der Waals surface area contributed by atoms with Gasteiger partial charge >= 0.3 is 0 Å². The summed E-state index contributed by atoms with van der Waals surface area (Å²) in [6.45, 7) is 1.81. The zero-order valence-corrected chi connectivity index (χ0v) is 14.2. The van der Waals surface area contributed by atoms with E-state index in [1.807, 2.05) is 0 Å². The van der Waals surface area contributed by atoms with E-state index in [4.69, 9.17) is 28.9 Å². The summed E-state index contributed by atoms with van der Waals surface area (Å²) < 4.78 is 0. The number of hydrogen-bond acceptors (Lipinski definition) is 3. The van der Waals surface area contributed by atoms with Gasteiger partial charge in [-0.3, -0.25) is 9.59 Å². The van der Waals surface area contributed by atoms with Crippen molar-refractivity contribution in [3.63, 3.8) is 0 Å². The Bertz CT molecular complexity index is 618. The Balaban J connectivity index is 1.78. The molecule has 2 fully saturated rings. The summed E-state index contributed by atoms with van der Waals surface area (Å²) in [6, 6.07) is 4.38. The van der Waals surface area contributed by atoms with E-state index in [0.29, 0.717) is 41.7 Å². The number of likely N-dealkylation sites (tertiary alicyclic amines) is 2. The normalized spacial score (nSPS) is 24.3. The molecule has 0 aliphatic carbocycles. The quantitative estimate of drug-likeness (QED) is 0.883. The summed E-state index contributed by atoms with van der Waals surface area (Å²) in [5.41, 5.74) is 6.29. The van der Waals surface area contributed by atoms with Crippen molar-refractivity contribution in [2.75, 3.05) is 19.6 Å². The number of carbonyl (C=O) groups excluding carboxylic acids is 2. The molecule has 2 heterocycles. The van der Waals surface area contributed by atoms with Gasteiger partial charge in [-0.15, -0.1) is 0 Å². The molecule has 2 aliphatic heterocycles. The van der Waals surface area contributed by atoms with Gasteiger partial charge in [0.25, 0.3) is 5.91 Å². The largest absolute Gasteiger partial charge is 0.339 e. The van der Waals surface area contributed by atoms with E-state index in [2.05, 4.69) is 0 Å². The minimum Gasteiger partial charge on any atom is -0.339 e. The summed E-state index contributed by atoms with van der Waals surface area (Å²) >= 11 is 12.0. The van der Waals surface area contributed by atoms with Crippen molar-refractivity contribution in [1.82, 2.24) is 9.80 Å². The molecule has 7 heteroatoms. The molecule has 2 N–H and O–H groups in total. The lowest BCUT2D eigenvalue weighted by Gasteiger charge is -2.28. The Labute approximate surface area is 145 Å². The van der Waals surface area contributed by atoms with Crippen LogP contribution in [-0.2, 0) is 4.79 Å². The summed E-state index contributed by atoms with van der Waals surface area (Å²) in [7, 11) is 0. The standard InChI is InChI=1S/C16H19Cl2N3O2/c17-11-6-10(7-12(18)8-11)15(22)21-4-1-2-14(21)16(23)20-5-3-13(19)9-20/h6-8,13-14H,1-5,9,19H2/t13-,14?/m1/s1. The summed E-state index contributed by atoms with van der Waals surface area (Å²) in [5, 5.41) is 0.821. The fourth-order valence-corrected chi connectivity index (χ4v) is 3.83. The van der Waals surface area contributed by atoms with Crippen LogP contribution in [0, 0.1) is 0 Å². The smallest absolute Gasteiger partial charge is 0.254 e. The van der Waals surface area contributed by atoms with Crippen LogP contribution < -0.4 is 5.73 Å². The number of halogens is 2. The van der Waals surface area contributed by atoms with Gasteiger partial charge in [0.15, 0.2) is 0 Å². The zero-order chi connectivity index (χ0) is 16.6. The number of nitrogens with zero attached hydrogens (tertiary/aromatic N) is 2.